The number of nitrogens with one attached hydrogen (secondary N) is 2. The van der Waals surface area contributed by atoms with Crippen LogP contribution in [0, 0.1) is 0 Å². The SMILES string of the molecule is Cl.O=C(NCC(=O)N1CCC2NCCC21)c1cc(C(F)(F)F)ccn1. The van der Waals surface area contributed by atoms with Crippen LogP contribution in [0.2, 0.25) is 0 Å². The number of nitrogens with zero attached hydrogens (tertiary/aromatic N) is 2. The fraction of sp³-hybridized carbons (Fsp3) is 0.533. The molecule has 2 aliphatic heterocycles. The zero-order valence-corrected chi connectivity index (χ0v) is 14.0. The third kappa shape index (κ3) is 4.21. The van der Waals surface area contributed by atoms with Gasteiger partial charge in [-0.2, -0.15) is 13.2 Å². The first-order chi connectivity index (χ1) is 11.4. The zero-order chi connectivity index (χ0) is 17.3. The molecule has 2 saturated heterocycles. The van der Waals surface area contributed by atoms with E-state index in [-0.39, 0.29) is 36.6 Å². The quantitative estimate of drug-likeness (QED) is 0.829. The van der Waals surface area contributed by atoms with Gasteiger partial charge in [0.1, 0.15) is 5.69 Å². The van der Waals surface area contributed by atoms with E-state index in [2.05, 4.69) is 15.6 Å². The molecule has 2 unspecified atom stereocenters. The van der Waals surface area contributed by atoms with E-state index in [9.17, 15) is 22.8 Å². The number of alkyl halides is 3. The monoisotopic (exact) mass is 378 g/mol. The van der Waals surface area contributed by atoms with Crippen LogP contribution in [0.5, 0.6) is 0 Å². The highest BCUT2D eigenvalue weighted by molar-refractivity contribution is 5.95. The highest BCUT2D eigenvalue weighted by Gasteiger charge is 2.39. The molecule has 1 aromatic rings. The van der Waals surface area contributed by atoms with Crippen LogP contribution in [0.15, 0.2) is 18.3 Å². The van der Waals surface area contributed by atoms with Crippen molar-refractivity contribution < 1.29 is 22.8 Å². The molecule has 25 heavy (non-hydrogen) atoms. The van der Waals surface area contributed by atoms with E-state index in [0.29, 0.717) is 18.7 Å². The van der Waals surface area contributed by atoms with Crippen molar-refractivity contribution in [1.29, 1.82) is 0 Å². The number of fused-ring (bicyclic) bond motifs is 1. The Labute approximate surface area is 148 Å². The molecule has 0 bridgehead atoms. The highest BCUT2D eigenvalue weighted by Crippen LogP contribution is 2.29. The van der Waals surface area contributed by atoms with Crippen molar-refractivity contribution in [2.75, 3.05) is 19.6 Å². The van der Waals surface area contributed by atoms with Gasteiger partial charge in [-0.25, -0.2) is 0 Å². The summed E-state index contributed by atoms with van der Waals surface area (Å²) in [6.45, 7) is 1.23. The molecule has 2 atom stereocenters. The maximum atomic E-state index is 12.6. The van der Waals surface area contributed by atoms with E-state index >= 15 is 0 Å². The number of hydrogen-bond donors (Lipinski definition) is 2. The maximum Gasteiger partial charge on any atom is 0.416 e. The summed E-state index contributed by atoms with van der Waals surface area (Å²) >= 11 is 0. The normalized spacial score (nSPS) is 22.3. The third-order valence-electron chi connectivity index (χ3n) is 4.43. The lowest BCUT2D eigenvalue weighted by atomic mass is 10.1. The lowest BCUT2D eigenvalue weighted by Crippen LogP contribution is -2.44. The maximum absolute atomic E-state index is 12.6. The minimum atomic E-state index is -4.55. The molecule has 0 aromatic carbocycles. The smallest absolute Gasteiger partial charge is 0.342 e. The molecule has 0 saturated carbocycles. The number of carbonyl (C=O) groups excluding carboxylic acids is 2. The first-order valence-corrected chi connectivity index (χ1v) is 7.70. The Morgan fingerprint density at radius 1 is 1.36 bits per heavy atom. The van der Waals surface area contributed by atoms with Crippen molar-refractivity contribution in [2.45, 2.75) is 31.1 Å². The van der Waals surface area contributed by atoms with E-state index in [1.54, 1.807) is 4.90 Å². The molecule has 0 radical (unpaired) electrons. The van der Waals surface area contributed by atoms with Crippen LogP contribution in [0.1, 0.15) is 28.9 Å². The lowest BCUT2D eigenvalue weighted by Gasteiger charge is -2.23. The summed E-state index contributed by atoms with van der Waals surface area (Å²) in [6, 6.07) is 1.90. The summed E-state index contributed by atoms with van der Waals surface area (Å²) in [4.78, 5) is 29.5. The molecule has 138 valence electrons. The minimum absolute atomic E-state index is 0. The van der Waals surface area contributed by atoms with Gasteiger partial charge in [-0.05, 0) is 31.5 Å². The molecule has 3 rings (SSSR count). The van der Waals surface area contributed by atoms with Gasteiger partial charge in [0.05, 0.1) is 12.1 Å². The molecular formula is C15H18ClF3N4O2. The van der Waals surface area contributed by atoms with Crippen molar-refractivity contribution in [3.05, 3.63) is 29.6 Å². The molecule has 1 aromatic heterocycles. The van der Waals surface area contributed by atoms with E-state index in [0.717, 1.165) is 31.6 Å². The number of rotatable bonds is 3. The Kier molecular flexibility index (Phi) is 5.89. The zero-order valence-electron chi connectivity index (χ0n) is 13.2. The lowest BCUT2D eigenvalue weighted by molar-refractivity contribution is -0.137. The Morgan fingerprint density at radius 2 is 2.12 bits per heavy atom. The molecule has 0 aliphatic carbocycles. The Balaban J connectivity index is 0.00000225. The molecule has 0 spiro atoms. The first-order valence-electron chi connectivity index (χ1n) is 7.70. The predicted octanol–water partition coefficient (Wildman–Crippen LogP) is 1.21. The Morgan fingerprint density at radius 3 is 2.84 bits per heavy atom. The van der Waals surface area contributed by atoms with Crippen molar-refractivity contribution in [3.8, 4) is 0 Å². The van der Waals surface area contributed by atoms with Gasteiger partial charge in [0, 0.05) is 24.8 Å². The molecule has 2 amide bonds. The number of carbonyl (C=O) groups is 2. The van der Waals surface area contributed by atoms with Gasteiger partial charge in [0.25, 0.3) is 5.91 Å². The average molecular weight is 379 g/mol. The Hall–Kier alpha value is -1.87. The van der Waals surface area contributed by atoms with Crippen LogP contribution in [0.4, 0.5) is 13.2 Å². The second kappa shape index (κ2) is 7.57. The van der Waals surface area contributed by atoms with Crippen LogP contribution in [-0.4, -0.2) is 53.4 Å². The second-order valence-electron chi connectivity index (χ2n) is 5.90. The van der Waals surface area contributed by atoms with Gasteiger partial charge in [-0.3, -0.25) is 14.6 Å². The summed E-state index contributed by atoms with van der Waals surface area (Å²) in [5, 5.41) is 5.67. The van der Waals surface area contributed by atoms with Gasteiger partial charge < -0.3 is 15.5 Å². The Bertz CT molecular complexity index is 656. The van der Waals surface area contributed by atoms with Gasteiger partial charge >= 0.3 is 6.18 Å². The van der Waals surface area contributed by atoms with Crippen LogP contribution in [0.3, 0.4) is 0 Å². The van der Waals surface area contributed by atoms with Crippen molar-refractivity contribution >= 4 is 24.2 Å². The summed E-state index contributed by atoms with van der Waals surface area (Å²) in [5.41, 5.74) is -1.31. The number of amides is 2. The van der Waals surface area contributed by atoms with Crippen LogP contribution >= 0.6 is 12.4 Å². The van der Waals surface area contributed by atoms with Crippen LogP contribution < -0.4 is 10.6 Å². The number of likely N-dealkylation sites (tertiary alicyclic amines) is 1. The van der Waals surface area contributed by atoms with E-state index in [1.165, 1.54) is 0 Å². The van der Waals surface area contributed by atoms with Crippen LogP contribution in [0.25, 0.3) is 0 Å². The number of hydrogen-bond acceptors (Lipinski definition) is 4. The van der Waals surface area contributed by atoms with E-state index in [4.69, 9.17) is 0 Å². The van der Waals surface area contributed by atoms with Gasteiger partial charge in [0.2, 0.25) is 5.91 Å². The fourth-order valence-electron chi connectivity index (χ4n) is 3.25. The average Bonchev–Trinajstić information content (AvgIpc) is 3.14. The highest BCUT2D eigenvalue weighted by atomic mass is 35.5. The second-order valence-corrected chi connectivity index (χ2v) is 5.90. The standard InChI is InChI=1S/C15H17F3N4O2.ClH/c16-15(17,18)9-1-4-20-11(7-9)14(24)21-8-13(23)22-6-3-10-12(22)2-5-19-10;/h1,4,7,10,12,19H,2-3,5-6,8H2,(H,21,24);1H. The number of aromatic nitrogens is 1. The molecule has 2 N–H and O–H groups in total. The third-order valence-corrected chi connectivity index (χ3v) is 4.43. The van der Waals surface area contributed by atoms with Crippen molar-refractivity contribution in [3.63, 3.8) is 0 Å². The predicted molar refractivity (Wildman–Crippen MR) is 85.3 cm³/mol. The van der Waals surface area contributed by atoms with E-state index < -0.39 is 17.6 Å². The van der Waals surface area contributed by atoms with Crippen molar-refractivity contribution in [2.24, 2.45) is 0 Å². The van der Waals surface area contributed by atoms with Crippen molar-refractivity contribution in [1.82, 2.24) is 20.5 Å². The summed E-state index contributed by atoms with van der Waals surface area (Å²) in [6.07, 6.45) is -1.87. The number of pyridine rings is 1. The molecule has 6 nitrogen and oxygen atoms in total. The van der Waals surface area contributed by atoms with Gasteiger partial charge in [0.15, 0.2) is 0 Å². The topological polar surface area (TPSA) is 74.3 Å². The molecule has 3 heterocycles. The summed E-state index contributed by atoms with van der Waals surface area (Å²) in [5.74, 6) is -1.03. The molecule has 10 heteroatoms. The van der Waals surface area contributed by atoms with Gasteiger partial charge in [-0.15, -0.1) is 12.4 Å². The summed E-state index contributed by atoms with van der Waals surface area (Å²) < 4.78 is 37.9. The number of halogens is 4. The fourth-order valence-corrected chi connectivity index (χ4v) is 3.25. The van der Waals surface area contributed by atoms with E-state index in [1.807, 2.05) is 0 Å². The summed E-state index contributed by atoms with van der Waals surface area (Å²) in [7, 11) is 0. The molecule has 2 fully saturated rings. The largest absolute Gasteiger partial charge is 0.416 e. The minimum Gasteiger partial charge on any atom is -0.342 e. The molecular weight excluding hydrogens is 361 g/mol. The van der Waals surface area contributed by atoms with Crippen LogP contribution in [-0.2, 0) is 11.0 Å². The molecule has 2 aliphatic rings. The van der Waals surface area contributed by atoms with Gasteiger partial charge in [-0.1, -0.05) is 0 Å². The first kappa shape index (κ1) is 19.5.